The Balaban J connectivity index is 1.36. The Labute approximate surface area is 219 Å². The Hall–Kier alpha value is -3.95. The zero-order valence-corrected chi connectivity index (χ0v) is 21.5. The summed E-state index contributed by atoms with van der Waals surface area (Å²) in [4.78, 5) is 29.4. The van der Waals surface area contributed by atoms with Gasteiger partial charge in [-0.25, -0.2) is 9.50 Å². The van der Waals surface area contributed by atoms with Gasteiger partial charge in [0, 0.05) is 23.1 Å². The van der Waals surface area contributed by atoms with E-state index < -0.39 is 5.54 Å². The van der Waals surface area contributed by atoms with Gasteiger partial charge >= 0.3 is 0 Å². The van der Waals surface area contributed by atoms with Crippen molar-refractivity contribution >= 4 is 40.6 Å². The van der Waals surface area contributed by atoms with Gasteiger partial charge in [-0.2, -0.15) is 0 Å². The number of benzene rings is 2. The third kappa shape index (κ3) is 5.42. The van der Waals surface area contributed by atoms with Gasteiger partial charge in [-0.05, 0) is 69.0 Å². The van der Waals surface area contributed by atoms with Crippen molar-refractivity contribution < 1.29 is 14.3 Å². The van der Waals surface area contributed by atoms with Crippen molar-refractivity contribution in [1.82, 2.24) is 14.6 Å². The minimum absolute atomic E-state index is 0.0281. The number of aromatic nitrogens is 3. The molecule has 0 radical (unpaired) electrons. The van der Waals surface area contributed by atoms with Gasteiger partial charge in [-0.15, -0.1) is 5.10 Å². The highest BCUT2D eigenvalue weighted by Gasteiger charge is 2.30. The lowest BCUT2D eigenvalue weighted by Crippen LogP contribution is -2.29. The molecule has 2 aromatic carbocycles. The normalized spacial score (nSPS) is 13.4. The number of rotatable bonds is 7. The number of nitrogens with zero attached hydrogens (tertiary/aromatic N) is 3. The number of amides is 2. The fourth-order valence-corrected chi connectivity index (χ4v) is 4.09. The molecule has 1 aliphatic rings. The molecule has 190 valence electrons. The first-order valence-corrected chi connectivity index (χ1v) is 12.3. The van der Waals surface area contributed by atoms with Gasteiger partial charge < -0.3 is 21.1 Å². The number of ether oxygens (including phenoxy) is 1. The van der Waals surface area contributed by atoms with E-state index in [9.17, 15) is 9.59 Å². The zero-order chi connectivity index (χ0) is 26.3. The molecule has 4 N–H and O–H groups in total. The molecule has 0 saturated heterocycles. The van der Waals surface area contributed by atoms with Gasteiger partial charge in [0.15, 0.2) is 17.2 Å². The van der Waals surface area contributed by atoms with Gasteiger partial charge in [-0.1, -0.05) is 29.8 Å². The molecule has 0 bridgehead atoms. The van der Waals surface area contributed by atoms with Crippen molar-refractivity contribution in [3.63, 3.8) is 0 Å². The maximum absolute atomic E-state index is 13.0. The summed E-state index contributed by atoms with van der Waals surface area (Å²) in [5.41, 5.74) is 8.64. The molecule has 0 unspecified atom stereocenters. The summed E-state index contributed by atoms with van der Waals surface area (Å²) >= 11 is 6.66. The third-order valence-electron chi connectivity index (χ3n) is 6.11. The molecule has 2 amide bonds. The Morgan fingerprint density at radius 2 is 1.92 bits per heavy atom. The van der Waals surface area contributed by atoms with Crippen LogP contribution in [0.4, 0.5) is 11.5 Å². The van der Waals surface area contributed by atoms with Gasteiger partial charge in [0.2, 0.25) is 11.8 Å². The van der Waals surface area contributed by atoms with E-state index in [4.69, 9.17) is 22.1 Å². The van der Waals surface area contributed by atoms with Crippen molar-refractivity contribution in [2.45, 2.75) is 39.2 Å². The summed E-state index contributed by atoms with van der Waals surface area (Å²) in [7, 11) is 0. The molecule has 1 aliphatic carbocycles. The second-order valence-electron chi connectivity index (χ2n) is 9.80. The highest BCUT2D eigenvalue weighted by molar-refractivity contribution is 6.35. The lowest BCUT2D eigenvalue weighted by Gasteiger charge is -2.20. The minimum Gasteiger partial charge on any atom is -0.436 e. The summed E-state index contributed by atoms with van der Waals surface area (Å²) in [6.45, 7) is 5.61. The quantitative estimate of drug-likeness (QED) is 0.306. The molecule has 2 aromatic heterocycles. The summed E-state index contributed by atoms with van der Waals surface area (Å²) in [5.74, 6) is 0.802. The fraction of sp³-hybridized carbons (Fsp3) is 0.259. The van der Waals surface area contributed by atoms with Crippen molar-refractivity contribution in [3.05, 3.63) is 76.4 Å². The van der Waals surface area contributed by atoms with Crippen LogP contribution in [0, 0.1) is 12.8 Å². The maximum atomic E-state index is 13.0. The van der Waals surface area contributed by atoms with E-state index >= 15 is 0 Å². The number of halogens is 1. The summed E-state index contributed by atoms with van der Waals surface area (Å²) in [6.07, 6.45) is 3.45. The van der Waals surface area contributed by atoms with Gasteiger partial charge in [0.25, 0.3) is 5.91 Å². The second kappa shape index (κ2) is 9.49. The predicted octanol–water partition coefficient (Wildman–Crippen LogP) is 5.28. The topological polar surface area (TPSA) is 124 Å². The zero-order valence-electron chi connectivity index (χ0n) is 20.7. The molecule has 10 heteroatoms. The molecule has 5 rings (SSSR count). The maximum Gasteiger partial charge on any atom is 0.255 e. The Morgan fingerprint density at radius 3 is 2.65 bits per heavy atom. The van der Waals surface area contributed by atoms with Crippen LogP contribution in [0.15, 0.2) is 54.7 Å². The molecule has 1 fully saturated rings. The van der Waals surface area contributed by atoms with Crippen LogP contribution in [0.25, 0.3) is 5.65 Å². The SMILES string of the molecule is Cc1ccc(NC(=O)c2cccc(C(C)(C)N)c2)c(Cl)c1Oc1ccc2nc(NC(=O)C3CC3)cn2n1. The van der Waals surface area contributed by atoms with Crippen LogP contribution in [-0.4, -0.2) is 26.4 Å². The van der Waals surface area contributed by atoms with Crippen molar-refractivity contribution in [3.8, 4) is 11.6 Å². The number of carbonyl (C=O) groups excluding carboxylic acids is 2. The molecule has 9 nitrogen and oxygen atoms in total. The highest BCUT2D eigenvalue weighted by atomic mass is 35.5. The number of anilines is 2. The number of fused-ring (bicyclic) bond motifs is 1. The average Bonchev–Trinajstić information content (AvgIpc) is 3.63. The number of carbonyl (C=O) groups is 2. The van der Waals surface area contributed by atoms with Crippen LogP contribution in [0.1, 0.15) is 48.2 Å². The lowest BCUT2D eigenvalue weighted by molar-refractivity contribution is -0.117. The van der Waals surface area contributed by atoms with Crippen molar-refractivity contribution in [2.24, 2.45) is 11.7 Å². The van der Waals surface area contributed by atoms with E-state index in [0.717, 1.165) is 24.0 Å². The van der Waals surface area contributed by atoms with Gasteiger partial charge in [0.1, 0.15) is 5.02 Å². The van der Waals surface area contributed by atoms with E-state index in [1.807, 2.05) is 26.8 Å². The molecule has 0 aliphatic heterocycles. The first kappa shape index (κ1) is 24.7. The molecule has 1 saturated carbocycles. The first-order valence-electron chi connectivity index (χ1n) is 11.9. The molecule has 0 spiro atoms. The lowest BCUT2D eigenvalue weighted by atomic mass is 9.94. The van der Waals surface area contributed by atoms with E-state index in [0.29, 0.717) is 28.5 Å². The van der Waals surface area contributed by atoms with Gasteiger partial charge in [0.05, 0.1) is 11.9 Å². The van der Waals surface area contributed by atoms with Crippen LogP contribution >= 0.6 is 11.6 Å². The Kier molecular flexibility index (Phi) is 6.35. The number of aryl methyl sites for hydroxylation is 1. The molecule has 2 heterocycles. The second-order valence-corrected chi connectivity index (χ2v) is 10.2. The monoisotopic (exact) mass is 518 g/mol. The number of nitrogens with one attached hydrogen (secondary N) is 2. The molecule has 37 heavy (non-hydrogen) atoms. The van der Waals surface area contributed by atoms with E-state index in [1.165, 1.54) is 4.52 Å². The first-order chi connectivity index (χ1) is 17.6. The average molecular weight is 519 g/mol. The molecule has 4 aromatic rings. The standard InChI is InChI=1S/C27H27ClN6O3/c1-15-7-10-19(30-26(36)17-5-4-6-18(13-17)27(2,3)29)23(28)24(15)37-22-12-11-21-31-20(14-34(21)33-22)32-25(35)16-8-9-16/h4-7,10-14,16H,8-9,29H2,1-3H3,(H,30,36)(H,32,35). The van der Waals surface area contributed by atoms with E-state index in [2.05, 4.69) is 20.7 Å². The Morgan fingerprint density at radius 1 is 1.14 bits per heavy atom. The smallest absolute Gasteiger partial charge is 0.255 e. The third-order valence-corrected chi connectivity index (χ3v) is 6.49. The van der Waals surface area contributed by atoms with Crippen LogP contribution in [0.2, 0.25) is 5.02 Å². The number of nitrogens with two attached hydrogens (primary N) is 1. The van der Waals surface area contributed by atoms with Crippen molar-refractivity contribution in [2.75, 3.05) is 10.6 Å². The number of hydrogen-bond acceptors (Lipinski definition) is 6. The number of hydrogen-bond donors (Lipinski definition) is 3. The van der Waals surface area contributed by atoms with Gasteiger partial charge in [-0.3, -0.25) is 9.59 Å². The summed E-state index contributed by atoms with van der Waals surface area (Å²) in [6, 6.07) is 14.1. The van der Waals surface area contributed by atoms with E-state index in [1.54, 1.807) is 48.7 Å². The van der Waals surface area contributed by atoms with Crippen molar-refractivity contribution in [1.29, 1.82) is 0 Å². The highest BCUT2D eigenvalue weighted by Crippen LogP contribution is 2.38. The van der Waals surface area contributed by atoms with E-state index in [-0.39, 0.29) is 28.6 Å². The fourth-order valence-electron chi connectivity index (χ4n) is 3.79. The summed E-state index contributed by atoms with van der Waals surface area (Å²) in [5, 5.41) is 10.3. The molecular formula is C27H27ClN6O3. The van der Waals surface area contributed by atoms with Crippen LogP contribution in [0.5, 0.6) is 11.6 Å². The minimum atomic E-state index is -0.578. The van der Waals surface area contributed by atoms with Crippen LogP contribution < -0.4 is 21.1 Å². The van der Waals surface area contributed by atoms with Crippen LogP contribution in [0.3, 0.4) is 0 Å². The Bertz CT molecular complexity index is 1520. The molecule has 0 atom stereocenters. The molecular weight excluding hydrogens is 492 g/mol. The summed E-state index contributed by atoms with van der Waals surface area (Å²) < 4.78 is 7.56. The van der Waals surface area contributed by atoms with Crippen LogP contribution in [-0.2, 0) is 10.3 Å². The predicted molar refractivity (Wildman–Crippen MR) is 142 cm³/mol. The largest absolute Gasteiger partial charge is 0.436 e. The number of imidazole rings is 1.